The first-order valence-electron chi connectivity index (χ1n) is 6.19. The van der Waals surface area contributed by atoms with Gasteiger partial charge in [0.2, 0.25) is 0 Å². The summed E-state index contributed by atoms with van der Waals surface area (Å²) < 4.78 is 5.03. The van der Waals surface area contributed by atoms with Crippen LogP contribution in [-0.4, -0.2) is 24.7 Å². The van der Waals surface area contributed by atoms with Crippen molar-refractivity contribution in [3.8, 4) is 0 Å². The lowest BCUT2D eigenvalue weighted by atomic mass is 10.1. The van der Waals surface area contributed by atoms with Crippen LogP contribution in [0.1, 0.15) is 31.0 Å². The molecule has 0 aliphatic heterocycles. The standard InChI is InChI=1S/C13H23N3O/c1-3-11-6-7-12(15-10-11)9-13(16-14)5-4-8-17-2/h6-7,10,13,16H,3-5,8-9,14H2,1-2H3. The first kappa shape index (κ1) is 14.1. The number of rotatable bonds is 8. The van der Waals surface area contributed by atoms with E-state index in [1.165, 1.54) is 5.56 Å². The molecule has 1 aromatic rings. The summed E-state index contributed by atoms with van der Waals surface area (Å²) in [7, 11) is 1.72. The number of nitrogens with two attached hydrogens (primary N) is 1. The van der Waals surface area contributed by atoms with Gasteiger partial charge in [0.25, 0.3) is 0 Å². The van der Waals surface area contributed by atoms with Crippen molar-refractivity contribution in [2.75, 3.05) is 13.7 Å². The van der Waals surface area contributed by atoms with Gasteiger partial charge in [-0.3, -0.25) is 16.3 Å². The molecule has 4 heteroatoms. The Morgan fingerprint density at radius 1 is 1.47 bits per heavy atom. The molecule has 1 aromatic heterocycles. The molecule has 1 heterocycles. The lowest BCUT2D eigenvalue weighted by Crippen LogP contribution is -2.37. The Bertz CT molecular complexity index is 300. The van der Waals surface area contributed by atoms with E-state index in [0.29, 0.717) is 0 Å². The minimum Gasteiger partial charge on any atom is -0.385 e. The number of hydrazine groups is 1. The predicted molar refractivity (Wildman–Crippen MR) is 69.5 cm³/mol. The first-order valence-corrected chi connectivity index (χ1v) is 6.19. The van der Waals surface area contributed by atoms with Gasteiger partial charge in [-0.1, -0.05) is 13.0 Å². The smallest absolute Gasteiger partial charge is 0.0462 e. The molecule has 0 spiro atoms. The van der Waals surface area contributed by atoms with Crippen LogP contribution in [0.4, 0.5) is 0 Å². The van der Waals surface area contributed by atoms with Crippen molar-refractivity contribution in [2.24, 2.45) is 5.84 Å². The van der Waals surface area contributed by atoms with Crippen molar-refractivity contribution < 1.29 is 4.74 Å². The largest absolute Gasteiger partial charge is 0.385 e. The number of ether oxygens (including phenoxy) is 1. The molecule has 0 saturated heterocycles. The molecule has 96 valence electrons. The van der Waals surface area contributed by atoms with E-state index in [2.05, 4.69) is 29.5 Å². The zero-order valence-corrected chi connectivity index (χ0v) is 10.8. The van der Waals surface area contributed by atoms with Crippen molar-refractivity contribution in [3.63, 3.8) is 0 Å². The van der Waals surface area contributed by atoms with Gasteiger partial charge in [-0.25, -0.2) is 0 Å². The molecular formula is C13H23N3O. The Kier molecular flexibility index (Phi) is 6.77. The third-order valence-electron chi connectivity index (χ3n) is 2.89. The number of methoxy groups -OCH3 is 1. The van der Waals surface area contributed by atoms with Gasteiger partial charge in [0, 0.05) is 38.1 Å². The van der Waals surface area contributed by atoms with Crippen molar-refractivity contribution in [3.05, 3.63) is 29.6 Å². The van der Waals surface area contributed by atoms with E-state index in [0.717, 1.165) is 38.0 Å². The molecule has 0 bridgehead atoms. The predicted octanol–water partition coefficient (Wildman–Crippen LogP) is 1.44. The average Bonchev–Trinajstić information content (AvgIpc) is 2.38. The van der Waals surface area contributed by atoms with Crippen molar-refractivity contribution in [2.45, 2.75) is 38.6 Å². The summed E-state index contributed by atoms with van der Waals surface area (Å²) in [6.45, 7) is 2.91. The van der Waals surface area contributed by atoms with Gasteiger partial charge in [0.05, 0.1) is 0 Å². The molecule has 4 nitrogen and oxygen atoms in total. The Hall–Kier alpha value is -0.970. The molecule has 0 aliphatic rings. The summed E-state index contributed by atoms with van der Waals surface area (Å²) in [4.78, 5) is 4.44. The van der Waals surface area contributed by atoms with Crippen LogP contribution in [0.3, 0.4) is 0 Å². The summed E-state index contributed by atoms with van der Waals surface area (Å²) in [6.07, 6.45) is 5.85. The number of aryl methyl sites for hydroxylation is 1. The number of hydrogen-bond acceptors (Lipinski definition) is 4. The maximum atomic E-state index is 5.54. The fourth-order valence-corrected chi connectivity index (χ4v) is 1.76. The van der Waals surface area contributed by atoms with Gasteiger partial charge in [-0.2, -0.15) is 0 Å². The van der Waals surface area contributed by atoms with Crippen molar-refractivity contribution in [1.82, 2.24) is 10.4 Å². The van der Waals surface area contributed by atoms with Crippen LogP contribution in [0, 0.1) is 0 Å². The first-order chi connectivity index (χ1) is 8.30. The van der Waals surface area contributed by atoms with Crippen molar-refractivity contribution in [1.29, 1.82) is 0 Å². The number of nitrogens with one attached hydrogen (secondary N) is 1. The fraction of sp³-hybridized carbons (Fsp3) is 0.615. The molecule has 17 heavy (non-hydrogen) atoms. The molecular weight excluding hydrogens is 214 g/mol. The maximum Gasteiger partial charge on any atom is 0.0462 e. The van der Waals surface area contributed by atoms with Crippen LogP contribution in [0.15, 0.2) is 18.3 Å². The highest BCUT2D eigenvalue weighted by molar-refractivity contribution is 5.14. The van der Waals surface area contributed by atoms with Crippen LogP contribution in [0.25, 0.3) is 0 Å². The van der Waals surface area contributed by atoms with E-state index in [1.807, 2.05) is 6.20 Å². The molecule has 1 atom stereocenters. The van der Waals surface area contributed by atoms with E-state index in [4.69, 9.17) is 10.6 Å². The summed E-state index contributed by atoms with van der Waals surface area (Å²) in [5.74, 6) is 5.54. The highest BCUT2D eigenvalue weighted by Crippen LogP contribution is 2.07. The van der Waals surface area contributed by atoms with E-state index in [9.17, 15) is 0 Å². The quantitative estimate of drug-likeness (QED) is 0.408. The molecule has 0 saturated carbocycles. The second kappa shape index (κ2) is 8.17. The summed E-state index contributed by atoms with van der Waals surface area (Å²) in [5.41, 5.74) is 5.20. The molecule has 0 radical (unpaired) electrons. The van der Waals surface area contributed by atoms with Crippen LogP contribution >= 0.6 is 0 Å². The zero-order chi connectivity index (χ0) is 12.5. The third kappa shape index (κ3) is 5.26. The maximum absolute atomic E-state index is 5.54. The van der Waals surface area contributed by atoms with E-state index >= 15 is 0 Å². The van der Waals surface area contributed by atoms with Gasteiger partial charge in [0.15, 0.2) is 0 Å². The van der Waals surface area contributed by atoms with Crippen LogP contribution in [-0.2, 0) is 17.6 Å². The molecule has 3 N–H and O–H groups in total. The molecule has 0 amide bonds. The van der Waals surface area contributed by atoms with Crippen LogP contribution < -0.4 is 11.3 Å². The van der Waals surface area contributed by atoms with E-state index in [1.54, 1.807) is 7.11 Å². The minimum atomic E-state index is 0.269. The highest BCUT2D eigenvalue weighted by Gasteiger charge is 2.08. The Morgan fingerprint density at radius 3 is 2.82 bits per heavy atom. The normalized spacial score (nSPS) is 12.6. The topological polar surface area (TPSA) is 60.2 Å². The summed E-state index contributed by atoms with van der Waals surface area (Å²) in [5, 5.41) is 0. The Labute approximate surface area is 104 Å². The Balaban J connectivity index is 2.43. The van der Waals surface area contributed by atoms with Crippen LogP contribution in [0.2, 0.25) is 0 Å². The molecule has 1 rings (SSSR count). The molecule has 0 aliphatic carbocycles. The fourth-order valence-electron chi connectivity index (χ4n) is 1.76. The number of pyridine rings is 1. The second-order valence-electron chi connectivity index (χ2n) is 4.21. The molecule has 0 fully saturated rings. The van der Waals surface area contributed by atoms with Gasteiger partial charge in [-0.15, -0.1) is 0 Å². The monoisotopic (exact) mass is 237 g/mol. The summed E-state index contributed by atoms with van der Waals surface area (Å²) in [6, 6.07) is 4.48. The van der Waals surface area contributed by atoms with Gasteiger partial charge >= 0.3 is 0 Å². The molecule has 1 unspecified atom stereocenters. The third-order valence-corrected chi connectivity index (χ3v) is 2.89. The van der Waals surface area contributed by atoms with Gasteiger partial charge < -0.3 is 4.74 Å². The average molecular weight is 237 g/mol. The zero-order valence-electron chi connectivity index (χ0n) is 10.8. The lowest BCUT2D eigenvalue weighted by Gasteiger charge is -2.15. The second-order valence-corrected chi connectivity index (χ2v) is 4.21. The van der Waals surface area contributed by atoms with Crippen molar-refractivity contribution >= 4 is 0 Å². The molecule has 0 aromatic carbocycles. The van der Waals surface area contributed by atoms with Crippen LogP contribution in [0.5, 0.6) is 0 Å². The number of nitrogens with zero attached hydrogens (tertiary/aromatic N) is 1. The van der Waals surface area contributed by atoms with Gasteiger partial charge in [-0.05, 0) is 30.9 Å². The SMILES string of the molecule is CCc1ccc(CC(CCCOC)NN)nc1. The lowest BCUT2D eigenvalue weighted by molar-refractivity contribution is 0.188. The van der Waals surface area contributed by atoms with Gasteiger partial charge in [0.1, 0.15) is 0 Å². The summed E-state index contributed by atoms with van der Waals surface area (Å²) >= 11 is 0. The number of aromatic nitrogens is 1. The highest BCUT2D eigenvalue weighted by atomic mass is 16.5. The number of hydrogen-bond donors (Lipinski definition) is 2. The Morgan fingerprint density at radius 2 is 2.29 bits per heavy atom. The minimum absolute atomic E-state index is 0.269. The van der Waals surface area contributed by atoms with E-state index in [-0.39, 0.29) is 6.04 Å². The van der Waals surface area contributed by atoms with E-state index < -0.39 is 0 Å².